The van der Waals surface area contributed by atoms with Crippen molar-refractivity contribution >= 4 is 22.6 Å². The first-order chi connectivity index (χ1) is 10.1. The summed E-state index contributed by atoms with van der Waals surface area (Å²) < 4.78 is 30.9. The van der Waals surface area contributed by atoms with E-state index in [0.29, 0.717) is 24.3 Å². The molecule has 0 saturated carbocycles. The molecule has 2 aromatic heterocycles. The van der Waals surface area contributed by atoms with Crippen LogP contribution in [-0.4, -0.2) is 19.1 Å². The molecule has 0 spiro atoms. The molecule has 0 aliphatic carbocycles. The van der Waals surface area contributed by atoms with E-state index in [0.717, 1.165) is 11.9 Å². The predicted molar refractivity (Wildman–Crippen MR) is 76.1 cm³/mol. The van der Waals surface area contributed by atoms with Crippen LogP contribution >= 0.6 is 11.6 Å². The van der Waals surface area contributed by atoms with Crippen molar-refractivity contribution in [2.24, 2.45) is 7.05 Å². The highest BCUT2D eigenvalue weighted by atomic mass is 35.5. The van der Waals surface area contributed by atoms with Crippen LogP contribution in [0.4, 0.5) is 8.78 Å². The van der Waals surface area contributed by atoms with E-state index in [1.54, 1.807) is 10.8 Å². The Balaban J connectivity index is 2.02. The van der Waals surface area contributed by atoms with Gasteiger partial charge in [-0.25, -0.2) is 18.7 Å². The van der Waals surface area contributed by atoms with E-state index in [4.69, 9.17) is 11.6 Å². The smallest absolute Gasteiger partial charge is 0.153 e. The Kier molecular flexibility index (Phi) is 3.63. The Morgan fingerprint density at radius 1 is 1.24 bits per heavy atom. The van der Waals surface area contributed by atoms with Crippen molar-refractivity contribution in [3.63, 3.8) is 0 Å². The molecule has 0 saturated heterocycles. The summed E-state index contributed by atoms with van der Waals surface area (Å²) in [6.45, 7) is 0.506. The van der Waals surface area contributed by atoms with Gasteiger partial charge in [0.25, 0.3) is 0 Å². The van der Waals surface area contributed by atoms with E-state index in [-0.39, 0.29) is 11.4 Å². The molecule has 0 bridgehead atoms. The lowest BCUT2D eigenvalue weighted by Crippen LogP contribution is -2.08. The van der Waals surface area contributed by atoms with Crippen LogP contribution in [0.2, 0.25) is 0 Å². The predicted octanol–water partition coefficient (Wildman–Crippen LogP) is 3.03. The molecule has 0 N–H and O–H groups in total. The monoisotopic (exact) mass is 310 g/mol. The van der Waals surface area contributed by atoms with Crippen LogP contribution in [-0.2, 0) is 25.9 Å². The summed E-state index contributed by atoms with van der Waals surface area (Å²) in [5.74, 6) is 0.238. The van der Waals surface area contributed by atoms with Crippen LogP contribution in [0.3, 0.4) is 0 Å². The van der Waals surface area contributed by atoms with E-state index in [9.17, 15) is 8.78 Å². The first-order valence-electron chi connectivity index (χ1n) is 6.46. The topological polar surface area (TPSA) is 35.6 Å². The van der Waals surface area contributed by atoms with E-state index in [1.807, 2.05) is 17.8 Å². The van der Waals surface area contributed by atoms with Gasteiger partial charge in [-0.15, -0.1) is 11.6 Å². The van der Waals surface area contributed by atoms with Crippen LogP contribution in [0.5, 0.6) is 0 Å². The highest BCUT2D eigenvalue weighted by Gasteiger charge is 2.15. The van der Waals surface area contributed by atoms with E-state index in [1.165, 1.54) is 6.07 Å². The maximum Gasteiger partial charge on any atom is 0.153 e. The van der Waals surface area contributed by atoms with Crippen molar-refractivity contribution in [2.45, 2.75) is 18.8 Å². The number of alkyl halides is 1. The Hall–Kier alpha value is -1.95. The lowest BCUT2D eigenvalue weighted by molar-refractivity contribution is 0.589. The van der Waals surface area contributed by atoms with Crippen molar-refractivity contribution in [2.75, 3.05) is 0 Å². The number of aromatic nitrogens is 4. The third kappa shape index (κ3) is 2.51. The number of rotatable bonds is 4. The average molecular weight is 311 g/mol. The minimum Gasteiger partial charge on any atom is -0.338 e. The highest BCUT2D eigenvalue weighted by Crippen LogP contribution is 2.22. The fourth-order valence-corrected chi connectivity index (χ4v) is 2.60. The fraction of sp³-hybridized carbons (Fsp3) is 0.286. The second-order valence-electron chi connectivity index (χ2n) is 4.77. The summed E-state index contributed by atoms with van der Waals surface area (Å²) in [6, 6.07) is 2.11. The molecule has 0 amide bonds. The number of fused-ring (bicyclic) bond motifs is 1. The zero-order valence-electron chi connectivity index (χ0n) is 11.4. The quantitative estimate of drug-likeness (QED) is 0.694. The lowest BCUT2D eigenvalue weighted by atomic mass is 10.3. The summed E-state index contributed by atoms with van der Waals surface area (Å²) in [4.78, 5) is 8.39. The molecule has 1 aromatic carbocycles. The van der Waals surface area contributed by atoms with Gasteiger partial charge in [0.05, 0.1) is 11.4 Å². The SMILES string of the molecule is Cn1ccnc1CCn1c(CCl)nc2c(F)cc(F)cc21. The van der Waals surface area contributed by atoms with E-state index < -0.39 is 11.6 Å². The van der Waals surface area contributed by atoms with Gasteiger partial charge in [-0.2, -0.15) is 0 Å². The number of aryl methyl sites for hydroxylation is 3. The van der Waals surface area contributed by atoms with Gasteiger partial charge in [-0.3, -0.25) is 0 Å². The number of hydrogen-bond acceptors (Lipinski definition) is 2. The van der Waals surface area contributed by atoms with Gasteiger partial charge < -0.3 is 9.13 Å². The van der Waals surface area contributed by atoms with Crippen LogP contribution < -0.4 is 0 Å². The Morgan fingerprint density at radius 3 is 2.71 bits per heavy atom. The van der Waals surface area contributed by atoms with Gasteiger partial charge in [-0.05, 0) is 6.07 Å². The standard InChI is InChI=1S/C14H13ClF2N4/c1-20-5-3-18-12(20)2-4-21-11-7-9(16)6-10(17)14(11)19-13(21)8-15/h3,5-7H,2,4,8H2,1H3. The molecule has 0 radical (unpaired) electrons. The Morgan fingerprint density at radius 2 is 2.05 bits per heavy atom. The molecule has 7 heteroatoms. The molecule has 110 valence electrons. The summed E-state index contributed by atoms with van der Waals surface area (Å²) in [5, 5.41) is 0. The first-order valence-corrected chi connectivity index (χ1v) is 7.00. The minimum absolute atomic E-state index is 0.135. The van der Waals surface area contributed by atoms with Crippen LogP contribution in [0.15, 0.2) is 24.5 Å². The molecule has 4 nitrogen and oxygen atoms in total. The number of hydrogen-bond donors (Lipinski definition) is 0. The number of halogens is 3. The van der Waals surface area contributed by atoms with Crippen molar-refractivity contribution in [3.8, 4) is 0 Å². The molecule has 3 aromatic rings. The molecule has 2 heterocycles. The van der Waals surface area contributed by atoms with Crippen molar-refractivity contribution in [3.05, 3.63) is 47.8 Å². The van der Waals surface area contributed by atoms with E-state index >= 15 is 0 Å². The summed E-state index contributed by atoms with van der Waals surface area (Å²) in [6.07, 6.45) is 4.18. The lowest BCUT2D eigenvalue weighted by Gasteiger charge is -2.08. The van der Waals surface area contributed by atoms with Gasteiger partial charge in [0.2, 0.25) is 0 Å². The normalized spacial score (nSPS) is 11.4. The van der Waals surface area contributed by atoms with Crippen LogP contribution in [0, 0.1) is 11.6 Å². The highest BCUT2D eigenvalue weighted by molar-refractivity contribution is 6.16. The van der Waals surface area contributed by atoms with Crippen molar-refractivity contribution in [1.29, 1.82) is 0 Å². The van der Waals surface area contributed by atoms with Gasteiger partial charge in [0.15, 0.2) is 5.82 Å². The van der Waals surface area contributed by atoms with Gasteiger partial charge in [0.1, 0.15) is 23.0 Å². The minimum atomic E-state index is -0.674. The Bertz CT molecular complexity index is 794. The van der Waals surface area contributed by atoms with Crippen molar-refractivity contribution in [1.82, 2.24) is 19.1 Å². The summed E-state index contributed by atoms with van der Waals surface area (Å²) in [7, 11) is 1.90. The molecule has 21 heavy (non-hydrogen) atoms. The molecule has 0 unspecified atom stereocenters. The second-order valence-corrected chi connectivity index (χ2v) is 5.04. The zero-order valence-corrected chi connectivity index (χ0v) is 12.1. The molecule has 0 aliphatic rings. The van der Waals surface area contributed by atoms with Crippen molar-refractivity contribution < 1.29 is 8.78 Å². The third-order valence-electron chi connectivity index (χ3n) is 3.45. The molecule has 3 rings (SSSR count). The summed E-state index contributed by atoms with van der Waals surface area (Å²) >= 11 is 5.87. The maximum absolute atomic E-state index is 13.8. The fourth-order valence-electron chi connectivity index (χ4n) is 2.40. The molecular weight excluding hydrogens is 298 g/mol. The number of imidazole rings is 2. The number of benzene rings is 1. The largest absolute Gasteiger partial charge is 0.338 e. The molecule has 0 fully saturated rings. The average Bonchev–Trinajstić information content (AvgIpc) is 3.00. The maximum atomic E-state index is 13.8. The molecule has 0 atom stereocenters. The third-order valence-corrected chi connectivity index (χ3v) is 3.69. The Labute approximate surface area is 125 Å². The van der Waals surface area contributed by atoms with Gasteiger partial charge in [0, 0.05) is 38.5 Å². The molecular formula is C14H13ClF2N4. The van der Waals surface area contributed by atoms with E-state index in [2.05, 4.69) is 9.97 Å². The zero-order chi connectivity index (χ0) is 15.0. The van der Waals surface area contributed by atoms with Gasteiger partial charge >= 0.3 is 0 Å². The first kappa shape index (κ1) is 14.0. The summed E-state index contributed by atoms with van der Waals surface area (Å²) in [5.41, 5.74) is 0.559. The van der Waals surface area contributed by atoms with Gasteiger partial charge in [-0.1, -0.05) is 0 Å². The molecule has 0 aliphatic heterocycles. The van der Waals surface area contributed by atoms with Crippen LogP contribution in [0.1, 0.15) is 11.6 Å². The number of nitrogens with zero attached hydrogens (tertiary/aromatic N) is 4. The second kappa shape index (κ2) is 5.44. The van der Waals surface area contributed by atoms with Crippen LogP contribution in [0.25, 0.3) is 11.0 Å².